The van der Waals surface area contributed by atoms with Crippen molar-refractivity contribution in [3.8, 4) is 0 Å². The molecular formula is C15H22O4. The van der Waals surface area contributed by atoms with Gasteiger partial charge in [0.05, 0.1) is 0 Å². The van der Waals surface area contributed by atoms with Crippen molar-refractivity contribution in [2.45, 2.75) is 51.4 Å². The van der Waals surface area contributed by atoms with Crippen LogP contribution in [0.1, 0.15) is 51.4 Å². The maximum absolute atomic E-state index is 11.5. The van der Waals surface area contributed by atoms with Crippen molar-refractivity contribution in [1.82, 2.24) is 0 Å². The van der Waals surface area contributed by atoms with Gasteiger partial charge in [-0.15, -0.1) is 0 Å². The molecule has 0 aromatic carbocycles. The summed E-state index contributed by atoms with van der Waals surface area (Å²) in [5, 5.41) is 18.3. The molecule has 2 N–H and O–H groups in total. The molecule has 0 spiro atoms. The van der Waals surface area contributed by atoms with Crippen molar-refractivity contribution in [2.24, 2.45) is 17.8 Å². The zero-order valence-electron chi connectivity index (χ0n) is 11.2. The van der Waals surface area contributed by atoms with Gasteiger partial charge in [-0.25, -0.2) is 9.59 Å². The first-order valence-electron chi connectivity index (χ1n) is 7.27. The van der Waals surface area contributed by atoms with Gasteiger partial charge in [0, 0.05) is 11.6 Å². The van der Waals surface area contributed by atoms with E-state index in [4.69, 9.17) is 5.11 Å². The van der Waals surface area contributed by atoms with Crippen LogP contribution in [0.15, 0.2) is 11.6 Å². The van der Waals surface area contributed by atoms with Gasteiger partial charge in [0.1, 0.15) is 0 Å². The third-order valence-corrected chi connectivity index (χ3v) is 4.70. The lowest BCUT2D eigenvalue weighted by molar-refractivity contribution is -0.136. The first kappa shape index (κ1) is 14.1. The number of aliphatic carboxylic acids is 2. The molecule has 2 fully saturated rings. The predicted molar refractivity (Wildman–Crippen MR) is 70.8 cm³/mol. The van der Waals surface area contributed by atoms with Gasteiger partial charge in [0.15, 0.2) is 0 Å². The van der Waals surface area contributed by atoms with Gasteiger partial charge >= 0.3 is 11.9 Å². The van der Waals surface area contributed by atoms with Crippen LogP contribution >= 0.6 is 0 Å². The third kappa shape index (κ3) is 3.37. The van der Waals surface area contributed by atoms with E-state index < -0.39 is 11.9 Å². The lowest BCUT2D eigenvalue weighted by atomic mass is 9.74. The number of hydrogen-bond acceptors (Lipinski definition) is 2. The lowest BCUT2D eigenvalue weighted by Crippen LogP contribution is -2.27. The minimum absolute atomic E-state index is 0.0569. The van der Waals surface area contributed by atoms with E-state index in [1.165, 1.54) is 0 Å². The van der Waals surface area contributed by atoms with Crippen LogP contribution in [0.4, 0.5) is 0 Å². The second-order valence-corrected chi connectivity index (χ2v) is 5.86. The molecule has 0 saturated heterocycles. The van der Waals surface area contributed by atoms with Crippen LogP contribution in [0, 0.1) is 17.8 Å². The van der Waals surface area contributed by atoms with Crippen LogP contribution in [0.3, 0.4) is 0 Å². The summed E-state index contributed by atoms with van der Waals surface area (Å²) >= 11 is 0. The molecular weight excluding hydrogens is 244 g/mol. The normalized spacial score (nSPS) is 22.3. The zero-order valence-corrected chi connectivity index (χ0v) is 11.2. The van der Waals surface area contributed by atoms with Crippen LogP contribution in [0.5, 0.6) is 0 Å². The van der Waals surface area contributed by atoms with E-state index >= 15 is 0 Å². The second kappa shape index (κ2) is 6.22. The summed E-state index contributed by atoms with van der Waals surface area (Å²) in [6.07, 6.45) is 9.71. The maximum atomic E-state index is 11.5. The molecule has 4 nitrogen and oxygen atoms in total. The van der Waals surface area contributed by atoms with E-state index in [0.29, 0.717) is 11.8 Å². The van der Waals surface area contributed by atoms with Crippen molar-refractivity contribution >= 4 is 11.9 Å². The fourth-order valence-electron chi connectivity index (χ4n) is 3.96. The van der Waals surface area contributed by atoms with Crippen LogP contribution in [-0.4, -0.2) is 22.2 Å². The Morgan fingerprint density at radius 1 is 0.895 bits per heavy atom. The van der Waals surface area contributed by atoms with Crippen molar-refractivity contribution in [1.29, 1.82) is 0 Å². The summed E-state index contributed by atoms with van der Waals surface area (Å²) in [6.45, 7) is 0. The number of carboxylic acids is 2. The quantitative estimate of drug-likeness (QED) is 0.750. The summed E-state index contributed by atoms with van der Waals surface area (Å²) < 4.78 is 0. The molecule has 0 amide bonds. The molecule has 0 aliphatic heterocycles. The van der Waals surface area contributed by atoms with E-state index in [-0.39, 0.29) is 11.5 Å². The highest BCUT2D eigenvalue weighted by molar-refractivity contribution is 5.95. The minimum Gasteiger partial charge on any atom is -0.478 e. The van der Waals surface area contributed by atoms with E-state index in [9.17, 15) is 14.7 Å². The number of carboxylic acid groups (broad SMARTS) is 2. The molecule has 2 aliphatic rings. The fraction of sp³-hybridized carbons (Fsp3) is 0.733. The van der Waals surface area contributed by atoms with Crippen LogP contribution < -0.4 is 0 Å². The molecule has 0 aromatic heterocycles. The lowest BCUT2D eigenvalue weighted by Gasteiger charge is -2.29. The first-order valence-corrected chi connectivity index (χ1v) is 7.27. The Balaban J connectivity index is 2.27. The molecule has 4 heteroatoms. The average Bonchev–Trinajstić information content (AvgIpc) is 2.99. The molecule has 2 rings (SSSR count). The Bertz CT molecular complexity index is 358. The molecule has 0 unspecified atom stereocenters. The van der Waals surface area contributed by atoms with Crippen molar-refractivity contribution < 1.29 is 19.8 Å². The minimum atomic E-state index is -1.14. The molecule has 0 bridgehead atoms. The Morgan fingerprint density at radius 3 is 1.63 bits per heavy atom. The summed E-state index contributed by atoms with van der Waals surface area (Å²) in [4.78, 5) is 22.4. The summed E-state index contributed by atoms with van der Waals surface area (Å²) in [6, 6.07) is 0. The molecule has 0 radical (unpaired) electrons. The first-order chi connectivity index (χ1) is 9.09. The van der Waals surface area contributed by atoms with E-state index in [2.05, 4.69) is 0 Å². The van der Waals surface area contributed by atoms with Crippen molar-refractivity contribution in [2.75, 3.05) is 0 Å². The van der Waals surface area contributed by atoms with Gasteiger partial charge in [-0.3, -0.25) is 0 Å². The fourth-order valence-corrected chi connectivity index (χ4v) is 3.96. The van der Waals surface area contributed by atoms with Gasteiger partial charge in [-0.05, 0) is 43.4 Å². The molecule has 0 heterocycles. The molecule has 2 saturated carbocycles. The highest BCUT2D eigenvalue weighted by atomic mass is 16.4. The molecule has 0 aromatic rings. The van der Waals surface area contributed by atoms with Crippen molar-refractivity contribution in [3.05, 3.63) is 11.6 Å². The van der Waals surface area contributed by atoms with E-state index in [1.807, 2.05) is 0 Å². The molecule has 19 heavy (non-hydrogen) atoms. The van der Waals surface area contributed by atoms with Crippen LogP contribution in [0.2, 0.25) is 0 Å². The second-order valence-electron chi connectivity index (χ2n) is 5.86. The number of rotatable bonds is 5. The number of hydrogen-bond donors (Lipinski definition) is 2. The van der Waals surface area contributed by atoms with E-state index in [1.54, 1.807) is 0 Å². The number of carbonyl (C=O) groups is 2. The molecule has 0 atom stereocenters. The SMILES string of the molecule is O=C(O)/C=C(\C(=O)O)C(C1CCCC1)C1CCCC1. The van der Waals surface area contributed by atoms with Crippen LogP contribution in [-0.2, 0) is 9.59 Å². The van der Waals surface area contributed by atoms with Gasteiger partial charge in [0.2, 0.25) is 0 Å². The highest BCUT2D eigenvalue weighted by Gasteiger charge is 2.38. The van der Waals surface area contributed by atoms with Gasteiger partial charge in [0.25, 0.3) is 0 Å². The van der Waals surface area contributed by atoms with Gasteiger partial charge in [-0.1, -0.05) is 25.7 Å². The van der Waals surface area contributed by atoms with Crippen molar-refractivity contribution in [3.63, 3.8) is 0 Å². The summed E-state index contributed by atoms with van der Waals surface area (Å²) in [5.41, 5.74) is 0.131. The monoisotopic (exact) mass is 266 g/mol. The maximum Gasteiger partial charge on any atom is 0.332 e. The van der Waals surface area contributed by atoms with Gasteiger partial charge < -0.3 is 10.2 Å². The van der Waals surface area contributed by atoms with Gasteiger partial charge in [-0.2, -0.15) is 0 Å². The summed E-state index contributed by atoms with van der Waals surface area (Å²) in [5.74, 6) is -1.52. The van der Waals surface area contributed by atoms with Crippen LogP contribution in [0.25, 0.3) is 0 Å². The Morgan fingerprint density at radius 2 is 1.32 bits per heavy atom. The van der Waals surface area contributed by atoms with E-state index in [0.717, 1.165) is 57.4 Å². The highest BCUT2D eigenvalue weighted by Crippen LogP contribution is 2.45. The third-order valence-electron chi connectivity index (χ3n) is 4.70. The Kier molecular flexibility index (Phi) is 4.61. The Hall–Kier alpha value is -1.32. The zero-order chi connectivity index (χ0) is 13.8. The predicted octanol–water partition coefficient (Wildman–Crippen LogP) is 3.08. The topological polar surface area (TPSA) is 74.6 Å². The standard InChI is InChI=1S/C15H22O4/c16-13(17)9-12(15(18)19)14(10-5-1-2-6-10)11-7-3-4-8-11/h9-11,14H,1-8H2,(H,16,17)(H,18,19)/b12-9-. The average molecular weight is 266 g/mol. The largest absolute Gasteiger partial charge is 0.478 e. The summed E-state index contributed by atoms with van der Waals surface area (Å²) in [7, 11) is 0. The molecule has 2 aliphatic carbocycles. The smallest absolute Gasteiger partial charge is 0.332 e. The molecule has 106 valence electrons. The Labute approximate surface area is 113 Å².